The van der Waals surface area contributed by atoms with E-state index in [0.29, 0.717) is 56.6 Å². The molecule has 1 fully saturated rings. The first-order chi connectivity index (χ1) is 15.9. The lowest BCUT2D eigenvalue weighted by Gasteiger charge is -2.32. The number of ether oxygens (including phenoxy) is 1. The van der Waals surface area contributed by atoms with Crippen molar-refractivity contribution in [1.82, 2.24) is 20.0 Å². The number of pyridine rings is 1. The molecule has 1 aromatic carbocycles. The number of rotatable bonds is 4. The molecule has 1 saturated heterocycles. The van der Waals surface area contributed by atoms with Crippen molar-refractivity contribution in [3.63, 3.8) is 0 Å². The number of nitrogens with one attached hydrogen (secondary N) is 1. The molecule has 0 saturated carbocycles. The number of hydrogen-bond acceptors (Lipinski definition) is 7. The Morgan fingerprint density at radius 2 is 1.94 bits per heavy atom. The minimum Gasteiger partial charge on any atom is -0.378 e. The van der Waals surface area contributed by atoms with Gasteiger partial charge >= 0.3 is 6.18 Å². The monoisotopic (exact) mass is 459 g/mol. The van der Waals surface area contributed by atoms with Crippen molar-refractivity contribution in [1.29, 1.82) is 0 Å². The topological polar surface area (TPSA) is 70.8 Å². The lowest BCUT2D eigenvalue weighted by Crippen LogP contribution is -2.48. The number of hydrazine groups is 1. The first-order valence-corrected chi connectivity index (χ1v) is 10.8. The predicted molar refractivity (Wildman–Crippen MR) is 120 cm³/mol. The number of hydrogen-bond donors (Lipinski definition) is 1. The number of alkyl halides is 3. The van der Waals surface area contributed by atoms with Crippen molar-refractivity contribution in [3.8, 4) is 0 Å². The van der Waals surface area contributed by atoms with Gasteiger partial charge in [0.2, 0.25) is 0 Å². The Bertz CT molecular complexity index is 1180. The number of amidine groups is 1. The molecule has 2 aromatic heterocycles. The van der Waals surface area contributed by atoms with Crippen LogP contribution in [0.15, 0.2) is 41.7 Å². The molecule has 5 rings (SSSR count). The van der Waals surface area contributed by atoms with E-state index in [1.54, 1.807) is 0 Å². The van der Waals surface area contributed by atoms with Gasteiger partial charge in [-0.05, 0) is 13.0 Å². The molecular weight excluding hydrogens is 435 g/mol. The molecule has 0 atom stereocenters. The second-order valence-electron chi connectivity index (χ2n) is 8.12. The van der Waals surface area contributed by atoms with Gasteiger partial charge < -0.3 is 14.2 Å². The first kappa shape index (κ1) is 21.5. The van der Waals surface area contributed by atoms with Gasteiger partial charge in [0.05, 0.1) is 38.3 Å². The molecule has 8 nitrogen and oxygen atoms in total. The highest BCUT2D eigenvalue weighted by atomic mass is 19.4. The molecule has 0 spiro atoms. The molecule has 0 aliphatic carbocycles. The van der Waals surface area contributed by atoms with Crippen molar-refractivity contribution < 1.29 is 17.9 Å². The summed E-state index contributed by atoms with van der Waals surface area (Å²) in [5, 5.41) is 1.83. The maximum Gasteiger partial charge on any atom is 0.406 e. The molecule has 0 unspecified atom stereocenters. The van der Waals surface area contributed by atoms with E-state index in [0.717, 1.165) is 21.4 Å². The van der Waals surface area contributed by atoms with Gasteiger partial charge in [-0.1, -0.05) is 23.8 Å². The van der Waals surface area contributed by atoms with Crippen molar-refractivity contribution in [2.24, 2.45) is 4.99 Å². The molecule has 4 heterocycles. The normalized spacial score (nSPS) is 17.3. The maximum absolute atomic E-state index is 13.2. The summed E-state index contributed by atoms with van der Waals surface area (Å²) < 4.78 is 46.1. The zero-order valence-electron chi connectivity index (χ0n) is 18.1. The Hall–Kier alpha value is -3.34. The summed E-state index contributed by atoms with van der Waals surface area (Å²) in [6.45, 7) is 4.29. The fourth-order valence-electron chi connectivity index (χ4n) is 4.10. The Morgan fingerprint density at radius 3 is 2.70 bits per heavy atom. The average molecular weight is 459 g/mol. The summed E-state index contributed by atoms with van der Waals surface area (Å²) in [5.41, 5.74) is 6.75. The van der Waals surface area contributed by atoms with Gasteiger partial charge in [-0.2, -0.15) is 13.2 Å². The summed E-state index contributed by atoms with van der Waals surface area (Å²) in [5.74, 6) is 1.22. The van der Waals surface area contributed by atoms with Crippen LogP contribution in [0.25, 0.3) is 11.2 Å². The number of aryl methyl sites for hydroxylation is 1. The third-order valence-corrected chi connectivity index (χ3v) is 5.64. The number of fused-ring (bicyclic) bond motifs is 1. The first-order valence-electron chi connectivity index (χ1n) is 10.8. The minimum atomic E-state index is -4.38. The van der Waals surface area contributed by atoms with Crippen LogP contribution in [0.1, 0.15) is 11.1 Å². The predicted octanol–water partition coefficient (Wildman–Crippen LogP) is 2.91. The quantitative estimate of drug-likeness (QED) is 0.647. The van der Waals surface area contributed by atoms with Gasteiger partial charge in [0.25, 0.3) is 0 Å². The molecule has 0 radical (unpaired) electrons. The van der Waals surface area contributed by atoms with Crippen molar-refractivity contribution in [2.75, 3.05) is 49.3 Å². The van der Waals surface area contributed by atoms with Crippen LogP contribution in [-0.2, 0) is 11.3 Å². The Kier molecular flexibility index (Phi) is 5.57. The number of anilines is 2. The van der Waals surface area contributed by atoms with Crippen LogP contribution in [-0.4, -0.2) is 65.9 Å². The third-order valence-electron chi connectivity index (χ3n) is 5.64. The highest BCUT2D eigenvalue weighted by molar-refractivity contribution is 6.00. The molecule has 1 N–H and O–H groups in total. The number of morpholine rings is 1. The van der Waals surface area contributed by atoms with Crippen molar-refractivity contribution >= 4 is 28.5 Å². The molecule has 2 aliphatic rings. The van der Waals surface area contributed by atoms with E-state index in [1.807, 2.05) is 42.3 Å². The van der Waals surface area contributed by atoms with E-state index in [-0.39, 0.29) is 5.65 Å². The van der Waals surface area contributed by atoms with Crippen LogP contribution >= 0.6 is 0 Å². The second-order valence-corrected chi connectivity index (χ2v) is 8.12. The minimum absolute atomic E-state index is 0.202. The summed E-state index contributed by atoms with van der Waals surface area (Å²) in [6, 6.07) is 9.85. The van der Waals surface area contributed by atoms with Crippen molar-refractivity contribution in [3.05, 3.63) is 47.8 Å². The SMILES string of the molecule is Cc1cccc(C2=NCCN(c3cc(N4CCOCC4)c4ncn(CC(F)(F)F)c4n3)N2)c1. The van der Waals surface area contributed by atoms with E-state index < -0.39 is 12.7 Å². The van der Waals surface area contributed by atoms with Crippen molar-refractivity contribution in [2.45, 2.75) is 19.6 Å². The van der Waals surface area contributed by atoms with E-state index in [1.165, 1.54) is 6.33 Å². The van der Waals surface area contributed by atoms with Crippen LogP contribution in [0.3, 0.4) is 0 Å². The molecule has 2 aliphatic heterocycles. The van der Waals surface area contributed by atoms with Gasteiger partial charge in [-0.25, -0.2) is 9.97 Å². The molecule has 3 aromatic rings. The number of imidazole rings is 1. The standard InChI is InChI=1S/C22H24F3N7O/c1-15-3-2-4-16(11-15)20-26-5-6-32(29-20)18-12-17(30-7-9-33-10-8-30)19-21(28-18)31(14-27-19)13-22(23,24)25/h2-4,11-12,14H,5-10,13H2,1H3,(H,26,29). The lowest BCUT2D eigenvalue weighted by molar-refractivity contribution is -0.140. The summed E-state index contributed by atoms with van der Waals surface area (Å²) in [7, 11) is 0. The highest BCUT2D eigenvalue weighted by Crippen LogP contribution is 2.31. The van der Waals surface area contributed by atoms with Gasteiger partial charge in [0.15, 0.2) is 11.5 Å². The molecular formula is C22H24F3N7O. The van der Waals surface area contributed by atoms with Gasteiger partial charge in [-0.3, -0.25) is 15.4 Å². The van der Waals surface area contributed by atoms with Crippen LogP contribution in [0.4, 0.5) is 24.7 Å². The zero-order valence-corrected chi connectivity index (χ0v) is 18.1. The smallest absolute Gasteiger partial charge is 0.378 e. The summed E-state index contributed by atoms with van der Waals surface area (Å²) in [4.78, 5) is 15.6. The number of aromatic nitrogens is 3. The van der Waals surface area contributed by atoms with E-state index >= 15 is 0 Å². The molecule has 174 valence electrons. The van der Waals surface area contributed by atoms with Crippen LogP contribution in [0.2, 0.25) is 0 Å². The Morgan fingerprint density at radius 1 is 1.12 bits per heavy atom. The Balaban J connectivity index is 1.54. The summed E-state index contributed by atoms with van der Waals surface area (Å²) >= 11 is 0. The fraction of sp³-hybridized carbons (Fsp3) is 0.409. The molecule has 0 bridgehead atoms. The number of benzene rings is 1. The van der Waals surface area contributed by atoms with Gasteiger partial charge in [-0.15, -0.1) is 0 Å². The van der Waals surface area contributed by atoms with Gasteiger partial charge in [0, 0.05) is 24.7 Å². The summed E-state index contributed by atoms with van der Waals surface area (Å²) in [6.07, 6.45) is -3.17. The molecule has 11 heteroatoms. The third kappa shape index (κ3) is 4.58. The van der Waals surface area contributed by atoms with E-state index in [9.17, 15) is 13.2 Å². The number of aliphatic imine (C=N–C) groups is 1. The Labute approximate surface area is 188 Å². The van der Waals surface area contributed by atoms with Gasteiger partial charge in [0.1, 0.15) is 17.9 Å². The highest BCUT2D eigenvalue weighted by Gasteiger charge is 2.30. The van der Waals surface area contributed by atoms with Crippen LogP contribution < -0.4 is 15.3 Å². The lowest BCUT2D eigenvalue weighted by atomic mass is 10.1. The maximum atomic E-state index is 13.2. The van der Waals surface area contributed by atoms with Crippen LogP contribution in [0.5, 0.6) is 0 Å². The second kappa shape index (κ2) is 8.54. The van der Waals surface area contributed by atoms with E-state index in [2.05, 4.69) is 25.3 Å². The molecule has 33 heavy (non-hydrogen) atoms. The van der Waals surface area contributed by atoms with Crippen LogP contribution in [0, 0.1) is 6.92 Å². The molecule has 0 amide bonds. The average Bonchev–Trinajstić information content (AvgIpc) is 3.20. The number of halogens is 3. The van der Waals surface area contributed by atoms with E-state index in [4.69, 9.17) is 4.74 Å². The number of nitrogens with zero attached hydrogens (tertiary/aromatic N) is 6. The largest absolute Gasteiger partial charge is 0.406 e. The zero-order chi connectivity index (χ0) is 23.0. The fourth-order valence-corrected chi connectivity index (χ4v) is 4.10.